The van der Waals surface area contributed by atoms with Gasteiger partial charge in [0.2, 0.25) is 0 Å². The van der Waals surface area contributed by atoms with E-state index in [1.54, 1.807) is 0 Å². The lowest BCUT2D eigenvalue weighted by Gasteiger charge is -2.41. The quantitative estimate of drug-likeness (QED) is 0.245. The number of hydrogen-bond acceptors (Lipinski definition) is 1. The topological polar surface area (TPSA) is 17.8 Å². The predicted octanol–water partition coefficient (Wildman–Crippen LogP) is 7.64. The third kappa shape index (κ3) is 2.40. The summed E-state index contributed by atoms with van der Waals surface area (Å²) in [5, 5.41) is 2.49. The summed E-state index contributed by atoms with van der Waals surface area (Å²) >= 11 is 3.69. The Morgan fingerprint density at radius 3 is 2.06 bits per heavy atom. The van der Waals surface area contributed by atoms with E-state index in [1.807, 2.05) is 6.20 Å². The van der Waals surface area contributed by atoms with Crippen molar-refractivity contribution in [1.82, 2.24) is 9.55 Å². The molecule has 0 atom stereocenters. The van der Waals surface area contributed by atoms with Gasteiger partial charge in [0.05, 0.1) is 16.4 Å². The highest BCUT2D eigenvalue weighted by Crippen LogP contribution is 2.53. The van der Waals surface area contributed by atoms with Crippen molar-refractivity contribution in [1.29, 1.82) is 0 Å². The van der Waals surface area contributed by atoms with Gasteiger partial charge in [-0.15, -0.1) is 0 Å². The van der Waals surface area contributed by atoms with Crippen molar-refractivity contribution < 1.29 is 0 Å². The molecule has 3 heteroatoms. The fraction of sp³-hybridized carbons (Fsp3) is 0.0333. The minimum absolute atomic E-state index is 0.465. The van der Waals surface area contributed by atoms with E-state index < -0.39 is 5.41 Å². The molecule has 1 aliphatic rings. The number of pyridine rings is 1. The number of para-hydroxylation sites is 1. The van der Waals surface area contributed by atoms with Crippen LogP contribution in [0.5, 0.6) is 0 Å². The molecule has 6 aromatic rings. The first-order valence-corrected chi connectivity index (χ1v) is 11.9. The SMILES string of the molecule is Brc1ccc2c3cccc4c3n(c2c1)-c1ncccc1C4(c1ccccc1)c1ccccc1. The molecule has 0 radical (unpaired) electrons. The summed E-state index contributed by atoms with van der Waals surface area (Å²) in [5.41, 5.74) is 6.90. The summed E-state index contributed by atoms with van der Waals surface area (Å²) in [5.74, 6) is 0.988. The molecule has 4 aromatic carbocycles. The summed E-state index contributed by atoms with van der Waals surface area (Å²) < 4.78 is 3.42. The Bertz CT molecular complexity index is 1630. The van der Waals surface area contributed by atoms with Gasteiger partial charge in [-0.2, -0.15) is 0 Å². The molecule has 3 heterocycles. The smallest absolute Gasteiger partial charge is 0.142 e. The van der Waals surface area contributed by atoms with Crippen LogP contribution < -0.4 is 0 Å². The number of aromatic nitrogens is 2. The summed E-state index contributed by atoms with van der Waals surface area (Å²) in [6.07, 6.45) is 1.91. The van der Waals surface area contributed by atoms with Crippen molar-refractivity contribution in [2.24, 2.45) is 0 Å². The third-order valence-corrected chi connectivity index (χ3v) is 7.46. The number of nitrogens with zero attached hydrogens (tertiary/aromatic N) is 2. The molecule has 0 aliphatic carbocycles. The second-order valence-corrected chi connectivity index (χ2v) is 9.47. The van der Waals surface area contributed by atoms with Gasteiger partial charge in [-0.1, -0.05) is 107 Å². The van der Waals surface area contributed by atoms with Crippen molar-refractivity contribution >= 4 is 37.7 Å². The molecule has 0 saturated heterocycles. The van der Waals surface area contributed by atoms with Crippen molar-refractivity contribution in [3.05, 3.63) is 142 Å². The van der Waals surface area contributed by atoms with Crippen LogP contribution in [0.4, 0.5) is 0 Å². The van der Waals surface area contributed by atoms with Crippen LogP contribution in [0.15, 0.2) is 120 Å². The molecule has 0 fully saturated rings. The maximum atomic E-state index is 4.99. The van der Waals surface area contributed by atoms with Crippen LogP contribution in [0, 0.1) is 0 Å². The van der Waals surface area contributed by atoms with Gasteiger partial charge in [-0.25, -0.2) is 4.98 Å². The van der Waals surface area contributed by atoms with E-state index in [1.165, 1.54) is 44.1 Å². The minimum atomic E-state index is -0.465. The Morgan fingerprint density at radius 1 is 0.636 bits per heavy atom. The van der Waals surface area contributed by atoms with Gasteiger partial charge in [0, 0.05) is 27.0 Å². The molecule has 0 unspecified atom stereocenters. The van der Waals surface area contributed by atoms with Crippen LogP contribution in [0.1, 0.15) is 22.3 Å². The molecule has 0 spiro atoms. The highest BCUT2D eigenvalue weighted by Gasteiger charge is 2.45. The van der Waals surface area contributed by atoms with E-state index in [-0.39, 0.29) is 0 Å². The molecular weight excluding hydrogens is 468 g/mol. The average Bonchev–Trinajstić information content (AvgIpc) is 3.20. The van der Waals surface area contributed by atoms with Crippen molar-refractivity contribution in [3.63, 3.8) is 0 Å². The maximum absolute atomic E-state index is 4.99. The molecule has 1 aliphatic heterocycles. The second kappa shape index (κ2) is 6.90. The zero-order valence-corrected chi connectivity index (χ0v) is 19.3. The molecule has 0 saturated carbocycles. The van der Waals surface area contributed by atoms with Crippen LogP contribution in [-0.4, -0.2) is 9.55 Å². The van der Waals surface area contributed by atoms with Crippen molar-refractivity contribution in [2.75, 3.05) is 0 Å². The minimum Gasteiger partial charge on any atom is -0.293 e. The van der Waals surface area contributed by atoms with Gasteiger partial charge >= 0.3 is 0 Å². The maximum Gasteiger partial charge on any atom is 0.142 e. The van der Waals surface area contributed by atoms with Gasteiger partial charge in [0.1, 0.15) is 5.82 Å². The van der Waals surface area contributed by atoms with E-state index in [2.05, 4.69) is 130 Å². The summed E-state index contributed by atoms with van der Waals surface area (Å²) in [4.78, 5) is 4.99. The monoisotopic (exact) mass is 486 g/mol. The largest absolute Gasteiger partial charge is 0.293 e. The Morgan fingerprint density at radius 2 is 1.33 bits per heavy atom. The van der Waals surface area contributed by atoms with E-state index in [9.17, 15) is 0 Å². The van der Waals surface area contributed by atoms with E-state index in [0.29, 0.717) is 0 Å². The zero-order chi connectivity index (χ0) is 22.0. The standard InChI is InChI=1S/C30H19BrN2/c31-22-16-17-23-24-13-7-14-25-28(24)33(27(23)19-22)29-26(15-8-18-32-29)30(25,20-9-3-1-4-10-20)21-11-5-2-6-12-21/h1-19H. The van der Waals surface area contributed by atoms with E-state index >= 15 is 0 Å². The number of fused-ring (bicyclic) bond motifs is 5. The Kier molecular flexibility index (Phi) is 3.94. The van der Waals surface area contributed by atoms with E-state index in [4.69, 9.17) is 4.98 Å². The van der Waals surface area contributed by atoms with Gasteiger partial charge in [0.25, 0.3) is 0 Å². The Hall–Kier alpha value is -3.69. The first-order valence-electron chi connectivity index (χ1n) is 11.1. The summed E-state index contributed by atoms with van der Waals surface area (Å²) in [6, 6.07) is 39.3. The van der Waals surface area contributed by atoms with Crippen LogP contribution in [0.2, 0.25) is 0 Å². The van der Waals surface area contributed by atoms with Crippen LogP contribution in [0.3, 0.4) is 0 Å². The lowest BCUT2D eigenvalue weighted by molar-refractivity contribution is 0.718. The highest BCUT2D eigenvalue weighted by atomic mass is 79.9. The van der Waals surface area contributed by atoms with Crippen LogP contribution in [-0.2, 0) is 5.41 Å². The Balaban J connectivity index is 1.79. The van der Waals surface area contributed by atoms with Crippen LogP contribution in [0.25, 0.3) is 27.6 Å². The van der Waals surface area contributed by atoms with Crippen molar-refractivity contribution in [3.8, 4) is 5.82 Å². The molecule has 156 valence electrons. The fourth-order valence-corrected chi connectivity index (χ4v) is 6.09. The first kappa shape index (κ1) is 18.8. The lowest BCUT2D eigenvalue weighted by atomic mass is 9.63. The van der Waals surface area contributed by atoms with Crippen LogP contribution >= 0.6 is 15.9 Å². The molecule has 0 bridgehead atoms. The molecular formula is C30H19BrN2. The number of hydrogen-bond donors (Lipinski definition) is 0. The first-order chi connectivity index (χ1) is 16.3. The van der Waals surface area contributed by atoms with Gasteiger partial charge < -0.3 is 0 Å². The van der Waals surface area contributed by atoms with Crippen molar-refractivity contribution in [2.45, 2.75) is 5.41 Å². The normalized spacial score (nSPS) is 13.8. The number of rotatable bonds is 2. The summed E-state index contributed by atoms with van der Waals surface area (Å²) in [6.45, 7) is 0. The average molecular weight is 487 g/mol. The number of halogens is 1. The molecule has 0 N–H and O–H groups in total. The highest BCUT2D eigenvalue weighted by molar-refractivity contribution is 9.10. The molecule has 33 heavy (non-hydrogen) atoms. The lowest BCUT2D eigenvalue weighted by Crippen LogP contribution is -2.35. The Labute approximate surface area is 200 Å². The predicted molar refractivity (Wildman–Crippen MR) is 138 cm³/mol. The fourth-order valence-electron chi connectivity index (χ4n) is 5.74. The van der Waals surface area contributed by atoms with E-state index in [0.717, 1.165) is 10.3 Å². The zero-order valence-electron chi connectivity index (χ0n) is 17.7. The van der Waals surface area contributed by atoms with Gasteiger partial charge in [-0.05, 0) is 34.9 Å². The second-order valence-electron chi connectivity index (χ2n) is 8.56. The third-order valence-electron chi connectivity index (χ3n) is 6.97. The molecule has 2 aromatic heterocycles. The number of benzene rings is 4. The molecule has 2 nitrogen and oxygen atoms in total. The molecule has 0 amide bonds. The summed E-state index contributed by atoms with van der Waals surface area (Å²) in [7, 11) is 0. The van der Waals surface area contributed by atoms with Gasteiger partial charge in [-0.3, -0.25) is 4.57 Å². The molecule has 7 rings (SSSR count). The van der Waals surface area contributed by atoms with Gasteiger partial charge in [0.15, 0.2) is 0 Å².